The quantitative estimate of drug-likeness (QED) is 0.250. The van der Waals surface area contributed by atoms with E-state index in [1.807, 2.05) is 0 Å². The molecular weight excluding hydrogens is 290 g/mol. The Bertz CT molecular complexity index is 380. The summed E-state index contributed by atoms with van der Waals surface area (Å²) in [4.78, 5) is 0. The van der Waals surface area contributed by atoms with Gasteiger partial charge in [0.05, 0.1) is 26.2 Å². The molecule has 0 aliphatic rings. The lowest BCUT2D eigenvalue weighted by Gasteiger charge is -2.37. The van der Waals surface area contributed by atoms with Crippen LogP contribution in [0.15, 0.2) is 30.3 Å². The minimum atomic E-state index is 1.23. The number of benzene rings is 1. The first kappa shape index (κ1) is 21.2. The third-order valence-electron chi connectivity index (χ3n) is 5.77. The Balaban J connectivity index is 2.20. The standard InChI is InChI=1S/C23H42N/c1-4-7-8-9-10-11-12-16-21-24(5-2,6-3)22-17-20-23-18-14-13-15-19-23/h13-15,18-19H,4-12,16-17,20-22H2,1-3H3/q+1. The lowest BCUT2D eigenvalue weighted by molar-refractivity contribution is -0.925. The van der Waals surface area contributed by atoms with Gasteiger partial charge in [-0.1, -0.05) is 75.8 Å². The van der Waals surface area contributed by atoms with Gasteiger partial charge in [0.25, 0.3) is 0 Å². The molecule has 0 heterocycles. The van der Waals surface area contributed by atoms with E-state index in [-0.39, 0.29) is 0 Å². The fourth-order valence-electron chi connectivity index (χ4n) is 3.81. The maximum absolute atomic E-state index is 2.39. The van der Waals surface area contributed by atoms with E-state index in [1.54, 1.807) is 0 Å². The molecule has 1 aromatic rings. The van der Waals surface area contributed by atoms with E-state index in [0.29, 0.717) is 0 Å². The summed E-state index contributed by atoms with van der Waals surface area (Å²) in [7, 11) is 0. The third-order valence-corrected chi connectivity index (χ3v) is 5.77. The SMILES string of the molecule is CCCCCCCCCC[N+](CC)(CC)CCCc1ccccc1. The monoisotopic (exact) mass is 332 g/mol. The van der Waals surface area contributed by atoms with Crippen LogP contribution < -0.4 is 0 Å². The Hall–Kier alpha value is -0.820. The minimum absolute atomic E-state index is 1.23. The average molecular weight is 333 g/mol. The summed E-state index contributed by atoms with van der Waals surface area (Å²) in [5.74, 6) is 0. The predicted molar refractivity (Wildman–Crippen MR) is 108 cm³/mol. The van der Waals surface area contributed by atoms with E-state index < -0.39 is 0 Å². The van der Waals surface area contributed by atoms with Gasteiger partial charge in [-0.25, -0.2) is 0 Å². The Morgan fingerprint density at radius 2 is 1.17 bits per heavy atom. The van der Waals surface area contributed by atoms with Crippen molar-refractivity contribution in [3.63, 3.8) is 0 Å². The normalized spacial score (nSPS) is 11.8. The molecule has 24 heavy (non-hydrogen) atoms. The summed E-state index contributed by atoms with van der Waals surface area (Å²) in [6.45, 7) is 12.4. The van der Waals surface area contributed by atoms with Gasteiger partial charge in [-0.3, -0.25) is 0 Å². The molecule has 1 rings (SSSR count). The lowest BCUT2D eigenvalue weighted by Crippen LogP contribution is -2.49. The van der Waals surface area contributed by atoms with Crippen LogP contribution in [0.3, 0.4) is 0 Å². The van der Waals surface area contributed by atoms with Crippen LogP contribution in [0.4, 0.5) is 0 Å². The highest BCUT2D eigenvalue weighted by Gasteiger charge is 2.21. The van der Waals surface area contributed by atoms with Gasteiger partial charge in [0.2, 0.25) is 0 Å². The van der Waals surface area contributed by atoms with E-state index in [0.717, 1.165) is 0 Å². The molecule has 0 amide bonds. The summed E-state index contributed by atoms with van der Waals surface area (Å²) < 4.78 is 1.32. The van der Waals surface area contributed by atoms with Crippen LogP contribution in [0.25, 0.3) is 0 Å². The molecule has 0 unspecified atom stereocenters. The molecule has 0 aromatic heterocycles. The molecule has 1 heteroatoms. The van der Waals surface area contributed by atoms with Gasteiger partial charge < -0.3 is 4.48 Å². The van der Waals surface area contributed by atoms with Crippen molar-refractivity contribution in [3.05, 3.63) is 35.9 Å². The predicted octanol–water partition coefficient (Wildman–Crippen LogP) is 6.62. The van der Waals surface area contributed by atoms with E-state index >= 15 is 0 Å². The van der Waals surface area contributed by atoms with Crippen molar-refractivity contribution < 1.29 is 4.48 Å². The molecule has 0 spiro atoms. The summed E-state index contributed by atoms with van der Waals surface area (Å²) in [5, 5.41) is 0. The Morgan fingerprint density at radius 1 is 0.625 bits per heavy atom. The molecule has 0 radical (unpaired) electrons. The molecular formula is C23H42N+. The van der Waals surface area contributed by atoms with Crippen LogP contribution in [0.2, 0.25) is 0 Å². The summed E-state index contributed by atoms with van der Waals surface area (Å²) >= 11 is 0. The highest BCUT2D eigenvalue weighted by molar-refractivity contribution is 5.14. The van der Waals surface area contributed by atoms with Crippen molar-refractivity contribution in [1.82, 2.24) is 0 Å². The first-order valence-corrected chi connectivity index (χ1v) is 10.7. The number of quaternary nitrogens is 1. The maximum atomic E-state index is 2.39. The number of aryl methyl sites for hydroxylation is 1. The smallest absolute Gasteiger partial charge is 0.0789 e. The van der Waals surface area contributed by atoms with Crippen LogP contribution in [-0.2, 0) is 6.42 Å². The van der Waals surface area contributed by atoms with Gasteiger partial charge >= 0.3 is 0 Å². The number of hydrogen-bond donors (Lipinski definition) is 0. The van der Waals surface area contributed by atoms with Crippen molar-refractivity contribution in [2.75, 3.05) is 26.2 Å². The molecule has 0 saturated carbocycles. The molecule has 138 valence electrons. The van der Waals surface area contributed by atoms with Crippen molar-refractivity contribution in [1.29, 1.82) is 0 Å². The van der Waals surface area contributed by atoms with E-state index in [1.165, 1.54) is 100 Å². The highest BCUT2D eigenvalue weighted by atomic mass is 15.3. The van der Waals surface area contributed by atoms with Crippen molar-refractivity contribution in [2.24, 2.45) is 0 Å². The van der Waals surface area contributed by atoms with E-state index in [2.05, 4.69) is 51.1 Å². The molecule has 0 atom stereocenters. The first-order chi connectivity index (χ1) is 11.8. The van der Waals surface area contributed by atoms with Crippen molar-refractivity contribution in [2.45, 2.75) is 85.0 Å². The third kappa shape index (κ3) is 8.87. The molecule has 0 N–H and O–H groups in total. The maximum Gasteiger partial charge on any atom is 0.0789 e. The topological polar surface area (TPSA) is 0 Å². The highest BCUT2D eigenvalue weighted by Crippen LogP contribution is 2.15. The van der Waals surface area contributed by atoms with Gasteiger partial charge in [0.15, 0.2) is 0 Å². The van der Waals surface area contributed by atoms with Crippen LogP contribution in [-0.4, -0.2) is 30.7 Å². The molecule has 0 bridgehead atoms. The summed E-state index contributed by atoms with van der Waals surface area (Å²) in [5.41, 5.74) is 1.50. The Kier molecular flexibility index (Phi) is 11.9. The van der Waals surface area contributed by atoms with Gasteiger partial charge in [-0.05, 0) is 38.7 Å². The number of rotatable bonds is 15. The van der Waals surface area contributed by atoms with Crippen LogP contribution in [0.1, 0.15) is 84.1 Å². The second-order valence-corrected chi connectivity index (χ2v) is 7.49. The first-order valence-electron chi connectivity index (χ1n) is 10.7. The molecule has 1 aromatic carbocycles. The van der Waals surface area contributed by atoms with E-state index in [4.69, 9.17) is 0 Å². The van der Waals surface area contributed by atoms with Crippen LogP contribution >= 0.6 is 0 Å². The Labute approximate surface area is 152 Å². The molecule has 0 fully saturated rings. The zero-order chi connectivity index (χ0) is 17.5. The summed E-state index contributed by atoms with van der Waals surface area (Å²) in [6, 6.07) is 11.0. The van der Waals surface area contributed by atoms with E-state index in [9.17, 15) is 0 Å². The summed E-state index contributed by atoms with van der Waals surface area (Å²) in [6.07, 6.45) is 14.0. The lowest BCUT2D eigenvalue weighted by atomic mass is 10.1. The van der Waals surface area contributed by atoms with Crippen molar-refractivity contribution >= 4 is 0 Å². The molecule has 0 saturated heterocycles. The zero-order valence-corrected chi connectivity index (χ0v) is 16.7. The second-order valence-electron chi connectivity index (χ2n) is 7.49. The van der Waals surface area contributed by atoms with Gasteiger partial charge in [0.1, 0.15) is 0 Å². The molecule has 1 nitrogen and oxygen atoms in total. The zero-order valence-electron chi connectivity index (χ0n) is 16.7. The second kappa shape index (κ2) is 13.5. The minimum Gasteiger partial charge on any atom is -0.324 e. The fourth-order valence-corrected chi connectivity index (χ4v) is 3.81. The van der Waals surface area contributed by atoms with Gasteiger partial charge in [-0.15, -0.1) is 0 Å². The van der Waals surface area contributed by atoms with Gasteiger partial charge in [0, 0.05) is 6.42 Å². The largest absolute Gasteiger partial charge is 0.324 e. The number of unbranched alkanes of at least 4 members (excludes halogenated alkanes) is 7. The Morgan fingerprint density at radius 3 is 1.75 bits per heavy atom. The van der Waals surface area contributed by atoms with Gasteiger partial charge in [-0.2, -0.15) is 0 Å². The fraction of sp³-hybridized carbons (Fsp3) is 0.739. The number of nitrogens with zero attached hydrogens (tertiary/aromatic N) is 1. The average Bonchev–Trinajstić information content (AvgIpc) is 2.63. The van der Waals surface area contributed by atoms with Crippen LogP contribution in [0, 0.1) is 0 Å². The number of hydrogen-bond acceptors (Lipinski definition) is 0. The molecule has 0 aliphatic heterocycles. The van der Waals surface area contributed by atoms with Crippen LogP contribution in [0.5, 0.6) is 0 Å². The molecule has 0 aliphatic carbocycles. The van der Waals surface area contributed by atoms with Crippen molar-refractivity contribution in [3.8, 4) is 0 Å².